The SMILES string of the molecule is CCC(C)(C)CC(Br)C(C)(C)C. The minimum absolute atomic E-state index is 0.381. The molecule has 1 heteroatoms. The Balaban J connectivity index is 4.09. The number of hydrogen-bond acceptors (Lipinski definition) is 0. The lowest BCUT2D eigenvalue weighted by Crippen LogP contribution is -2.26. The highest BCUT2D eigenvalue weighted by atomic mass is 79.9. The van der Waals surface area contributed by atoms with Crippen LogP contribution in [0.4, 0.5) is 0 Å². The fourth-order valence-corrected chi connectivity index (χ4v) is 1.81. The van der Waals surface area contributed by atoms with E-state index in [1.807, 2.05) is 0 Å². The van der Waals surface area contributed by atoms with Gasteiger partial charge >= 0.3 is 0 Å². The monoisotopic (exact) mass is 234 g/mol. The molecule has 0 nitrogen and oxygen atoms in total. The summed E-state index contributed by atoms with van der Waals surface area (Å²) in [5, 5.41) is 0. The molecule has 0 saturated heterocycles. The molecule has 0 aromatic carbocycles. The van der Waals surface area contributed by atoms with Crippen molar-refractivity contribution in [1.82, 2.24) is 0 Å². The molecule has 0 heterocycles. The van der Waals surface area contributed by atoms with E-state index in [1.54, 1.807) is 0 Å². The third-order valence-corrected chi connectivity index (χ3v) is 4.33. The van der Waals surface area contributed by atoms with E-state index >= 15 is 0 Å². The van der Waals surface area contributed by atoms with Crippen molar-refractivity contribution in [2.75, 3.05) is 0 Å². The van der Waals surface area contributed by atoms with Crippen molar-refractivity contribution >= 4 is 15.9 Å². The zero-order chi connectivity index (χ0) is 9.99. The number of rotatable bonds is 3. The second-order valence-electron chi connectivity index (χ2n) is 5.56. The van der Waals surface area contributed by atoms with E-state index in [0.717, 1.165) is 0 Å². The van der Waals surface area contributed by atoms with Gasteiger partial charge < -0.3 is 0 Å². The topological polar surface area (TPSA) is 0 Å². The smallest absolute Gasteiger partial charge is 0.0199 e. The van der Waals surface area contributed by atoms with Gasteiger partial charge in [-0.15, -0.1) is 0 Å². The second-order valence-corrected chi connectivity index (χ2v) is 6.66. The molecule has 0 fully saturated rings. The molecule has 0 bridgehead atoms. The van der Waals surface area contributed by atoms with Gasteiger partial charge in [0, 0.05) is 4.83 Å². The van der Waals surface area contributed by atoms with E-state index in [1.165, 1.54) is 12.8 Å². The molecule has 0 N–H and O–H groups in total. The molecule has 12 heavy (non-hydrogen) atoms. The summed E-state index contributed by atoms with van der Waals surface area (Å²) in [4.78, 5) is 0.625. The lowest BCUT2D eigenvalue weighted by molar-refractivity contribution is 0.261. The molecule has 0 rings (SSSR count). The zero-order valence-electron chi connectivity index (χ0n) is 9.37. The first-order valence-corrected chi connectivity index (χ1v) is 5.75. The van der Waals surface area contributed by atoms with Crippen LogP contribution in [0.1, 0.15) is 54.4 Å². The van der Waals surface area contributed by atoms with Gasteiger partial charge in [-0.05, 0) is 17.3 Å². The normalized spacial score (nSPS) is 16.2. The molecular weight excluding hydrogens is 212 g/mol. The quantitative estimate of drug-likeness (QED) is 0.626. The standard InChI is InChI=1S/C11H23Br/c1-7-11(5,6)8-9(12)10(2,3)4/h9H,7-8H2,1-6H3. The Labute approximate surface area is 86.3 Å². The highest BCUT2D eigenvalue weighted by Crippen LogP contribution is 2.37. The summed E-state index contributed by atoms with van der Waals surface area (Å²) in [5.74, 6) is 0. The van der Waals surface area contributed by atoms with Crippen LogP contribution in [0.3, 0.4) is 0 Å². The minimum Gasteiger partial charge on any atom is -0.0885 e. The first kappa shape index (κ1) is 12.5. The predicted molar refractivity (Wildman–Crippen MR) is 60.9 cm³/mol. The maximum Gasteiger partial charge on any atom is 0.0199 e. The Hall–Kier alpha value is 0.480. The van der Waals surface area contributed by atoms with E-state index in [0.29, 0.717) is 15.7 Å². The van der Waals surface area contributed by atoms with E-state index < -0.39 is 0 Å². The Morgan fingerprint density at radius 3 is 1.75 bits per heavy atom. The molecule has 1 atom stereocenters. The molecule has 0 saturated carbocycles. The number of hydrogen-bond donors (Lipinski definition) is 0. The molecule has 0 aliphatic rings. The Kier molecular flexibility index (Phi) is 4.29. The summed E-state index contributed by atoms with van der Waals surface area (Å²) in [5.41, 5.74) is 0.855. The van der Waals surface area contributed by atoms with Gasteiger partial charge in [0.05, 0.1) is 0 Å². The van der Waals surface area contributed by atoms with E-state index in [2.05, 4.69) is 57.5 Å². The fraction of sp³-hybridized carbons (Fsp3) is 1.00. The Morgan fingerprint density at radius 2 is 1.50 bits per heavy atom. The van der Waals surface area contributed by atoms with Gasteiger partial charge in [-0.1, -0.05) is 63.9 Å². The molecule has 0 aliphatic carbocycles. The number of alkyl halides is 1. The van der Waals surface area contributed by atoms with Crippen LogP contribution in [-0.2, 0) is 0 Å². The highest BCUT2D eigenvalue weighted by molar-refractivity contribution is 9.09. The van der Waals surface area contributed by atoms with E-state index in [-0.39, 0.29) is 0 Å². The molecule has 0 amide bonds. The van der Waals surface area contributed by atoms with Gasteiger partial charge in [0.1, 0.15) is 0 Å². The fourth-order valence-electron chi connectivity index (χ4n) is 0.936. The van der Waals surface area contributed by atoms with Crippen LogP contribution in [0.5, 0.6) is 0 Å². The van der Waals surface area contributed by atoms with Crippen LogP contribution in [0.25, 0.3) is 0 Å². The predicted octanol–water partition coefficient (Wildman–Crippen LogP) is 4.62. The Bertz CT molecular complexity index is 130. The maximum absolute atomic E-state index is 3.77. The molecule has 0 spiro atoms. The van der Waals surface area contributed by atoms with Crippen molar-refractivity contribution in [2.24, 2.45) is 10.8 Å². The van der Waals surface area contributed by atoms with Crippen molar-refractivity contribution in [3.05, 3.63) is 0 Å². The molecule has 0 aliphatic heterocycles. The lowest BCUT2D eigenvalue weighted by atomic mass is 9.78. The number of halogens is 1. The van der Waals surface area contributed by atoms with Crippen LogP contribution in [0, 0.1) is 10.8 Å². The van der Waals surface area contributed by atoms with Gasteiger partial charge in [-0.3, -0.25) is 0 Å². The van der Waals surface area contributed by atoms with Crippen LogP contribution in [0.15, 0.2) is 0 Å². The van der Waals surface area contributed by atoms with Crippen molar-refractivity contribution in [2.45, 2.75) is 59.2 Å². The highest BCUT2D eigenvalue weighted by Gasteiger charge is 2.27. The van der Waals surface area contributed by atoms with Crippen molar-refractivity contribution in [1.29, 1.82) is 0 Å². The largest absolute Gasteiger partial charge is 0.0885 e. The average Bonchev–Trinajstić information content (AvgIpc) is 1.85. The van der Waals surface area contributed by atoms with Crippen molar-refractivity contribution < 1.29 is 0 Å². The average molecular weight is 235 g/mol. The van der Waals surface area contributed by atoms with Gasteiger partial charge in [-0.25, -0.2) is 0 Å². The van der Waals surface area contributed by atoms with Crippen molar-refractivity contribution in [3.8, 4) is 0 Å². The van der Waals surface area contributed by atoms with E-state index in [9.17, 15) is 0 Å². The first-order valence-electron chi connectivity index (χ1n) is 4.83. The summed E-state index contributed by atoms with van der Waals surface area (Å²) in [6.45, 7) is 13.8. The summed E-state index contributed by atoms with van der Waals surface area (Å²) in [7, 11) is 0. The van der Waals surface area contributed by atoms with E-state index in [4.69, 9.17) is 0 Å². The molecule has 0 aromatic rings. The van der Waals surface area contributed by atoms with Crippen LogP contribution in [0.2, 0.25) is 0 Å². The second kappa shape index (κ2) is 4.13. The minimum atomic E-state index is 0.381. The zero-order valence-corrected chi connectivity index (χ0v) is 11.0. The van der Waals surface area contributed by atoms with Gasteiger partial charge in [0.2, 0.25) is 0 Å². The molecular formula is C11H23Br. The van der Waals surface area contributed by atoms with Crippen LogP contribution >= 0.6 is 15.9 Å². The lowest BCUT2D eigenvalue weighted by Gasteiger charge is -2.33. The third kappa shape index (κ3) is 4.49. The summed E-state index contributed by atoms with van der Waals surface area (Å²) in [6.07, 6.45) is 2.51. The summed E-state index contributed by atoms with van der Waals surface area (Å²) >= 11 is 3.77. The summed E-state index contributed by atoms with van der Waals surface area (Å²) < 4.78 is 0. The molecule has 0 radical (unpaired) electrons. The van der Waals surface area contributed by atoms with Gasteiger partial charge in [-0.2, -0.15) is 0 Å². The Morgan fingerprint density at radius 1 is 1.08 bits per heavy atom. The molecule has 1 unspecified atom stereocenters. The maximum atomic E-state index is 3.77. The third-order valence-electron chi connectivity index (χ3n) is 2.63. The van der Waals surface area contributed by atoms with Gasteiger partial charge in [0.25, 0.3) is 0 Å². The van der Waals surface area contributed by atoms with Crippen molar-refractivity contribution in [3.63, 3.8) is 0 Å². The summed E-state index contributed by atoms with van der Waals surface area (Å²) in [6, 6.07) is 0. The van der Waals surface area contributed by atoms with Crippen LogP contribution in [-0.4, -0.2) is 4.83 Å². The van der Waals surface area contributed by atoms with Gasteiger partial charge in [0.15, 0.2) is 0 Å². The first-order chi connectivity index (χ1) is 5.19. The molecule has 74 valence electrons. The van der Waals surface area contributed by atoms with Crippen LogP contribution < -0.4 is 0 Å². The molecule has 0 aromatic heterocycles.